The van der Waals surface area contributed by atoms with E-state index in [0.29, 0.717) is 0 Å². The lowest BCUT2D eigenvalue weighted by atomic mass is 9.85. The van der Waals surface area contributed by atoms with Crippen molar-refractivity contribution in [1.29, 1.82) is 0 Å². The Hall–Kier alpha value is -4.46. The van der Waals surface area contributed by atoms with Gasteiger partial charge < -0.3 is 0 Å². The maximum absolute atomic E-state index is 2.40. The second-order valence-electron chi connectivity index (χ2n) is 9.71. The zero-order valence-corrected chi connectivity index (χ0v) is 20.9. The third kappa shape index (κ3) is 3.15. The van der Waals surface area contributed by atoms with Gasteiger partial charge in [-0.25, -0.2) is 0 Å². The SMILES string of the molecule is c1ccc2cc(-c3c4ccccc4c(-c4ccc5sc6ccccc6c5c4)c4ccccc34)ccc2c1. The van der Waals surface area contributed by atoms with E-state index in [1.807, 2.05) is 11.3 Å². The lowest BCUT2D eigenvalue weighted by Gasteiger charge is -2.18. The maximum Gasteiger partial charge on any atom is 0.0355 e. The Morgan fingerprint density at radius 2 is 0.811 bits per heavy atom. The third-order valence-electron chi connectivity index (χ3n) is 7.64. The molecule has 0 nitrogen and oxygen atoms in total. The number of rotatable bonds is 2. The molecule has 1 heteroatoms. The average molecular weight is 487 g/mol. The Bertz CT molecular complexity index is 2090. The number of hydrogen-bond acceptors (Lipinski definition) is 1. The van der Waals surface area contributed by atoms with Crippen LogP contribution in [0.2, 0.25) is 0 Å². The monoisotopic (exact) mass is 486 g/mol. The molecule has 1 heterocycles. The molecule has 172 valence electrons. The predicted molar refractivity (Wildman–Crippen MR) is 163 cm³/mol. The number of hydrogen-bond donors (Lipinski definition) is 0. The number of benzene rings is 7. The zero-order valence-electron chi connectivity index (χ0n) is 20.1. The quantitative estimate of drug-likeness (QED) is 0.213. The summed E-state index contributed by atoms with van der Waals surface area (Å²) in [7, 11) is 0. The molecule has 0 aliphatic heterocycles. The van der Waals surface area contributed by atoms with Crippen molar-refractivity contribution >= 4 is 63.8 Å². The summed E-state index contributed by atoms with van der Waals surface area (Å²) in [5.41, 5.74) is 5.15. The molecule has 7 aromatic carbocycles. The first kappa shape index (κ1) is 20.7. The second-order valence-corrected chi connectivity index (χ2v) is 10.8. The number of thiophene rings is 1. The summed E-state index contributed by atoms with van der Waals surface area (Å²) in [4.78, 5) is 0. The minimum absolute atomic E-state index is 1.26. The molecular weight excluding hydrogens is 464 g/mol. The van der Waals surface area contributed by atoms with Gasteiger partial charge in [0.15, 0.2) is 0 Å². The van der Waals surface area contributed by atoms with Crippen LogP contribution in [0.5, 0.6) is 0 Å². The summed E-state index contributed by atoms with van der Waals surface area (Å²) in [6.07, 6.45) is 0. The Morgan fingerprint density at radius 3 is 1.49 bits per heavy atom. The van der Waals surface area contributed by atoms with Gasteiger partial charge in [-0.05, 0) is 78.8 Å². The van der Waals surface area contributed by atoms with Gasteiger partial charge in [0.25, 0.3) is 0 Å². The van der Waals surface area contributed by atoms with Crippen molar-refractivity contribution in [3.63, 3.8) is 0 Å². The van der Waals surface area contributed by atoms with E-state index in [9.17, 15) is 0 Å². The van der Waals surface area contributed by atoms with E-state index in [2.05, 4.69) is 133 Å². The molecule has 8 aromatic rings. The minimum Gasteiger partial charge on any atom is -0.135 e. The molecule has 8 rings (SSSR count). The van der Waals surface area contributed by atoms with Crippen molar-refractivity contribution in [2.75, 3.05) is 0 Å². The van der Waals surface area contributed by atoms with Crippen LogP contribution in [-0.2, 0) is 0 Å². The molecule has 0 saturated carbocycles. The molecule has 0 aliphatic carbocycles. The van der Waals surface area contributed by atoms with Gasteiger partial charge in [0.1, 0.15) is 0 Å². The van der Waals surface area contributed by atoms with Gasteiger partial charge in [0, 0.05) is 20.2 Å². The first-order valence-corrected chi connectivity index (χ1v) is 13.5. The van der Waals surface area contributed by atoms with Crippen molar-refractivity contribution in [2.45, 2.75) is 0 Å². The highest BCUT2D eigenvalue weighted by Gasteiger charge is 2.17. The fourth-order valence-corrected chi connectivity index (χ4v) is 7.06. The van der Waals surface area contributed by atoms with Crippen LogP contribution in [0.15, 0.2) is 133 Å². The normalized spacial score (nSPS) is 11.8. The molecule has 0 bridgehead atoms. The smallest absolute Gasteiger partial charge is 0.0355 e. The highest BCUT2D eigenvalue weighted by atomic mass is 32.1. The van der Waals surface area contributed by atoms with Crippen molar-refractivity contribution in [1.82, 2.24) is 0 Å². The zero-order chi connectivity index (χ0) is 24.3. The van der Waals surface area contributed by atoms with Crippen LogP contribution in [0.25, 0.3) is 74.7 Å². The highest BCUT2D eigenvalue weighted by molar-refractivity contribution is 7.25. The molecule has 0 aliphatic rings. The van der Waals surface area contributed by atoms with Gasteiger partial charge >= 0.3 is 0 Å². The summed E-state index contributed by atoms with van der Waals surface area (Å²) in [6, 6.07) is 49.1. The van der Waals surface area contributed by atoms with E-state index in [-0.39, 0.29) is 0 Å². The highest BCUT2D eigenvalue weighted by Crippen LogP contribution is 2.45. The lowest BCUT2D eigenvalue weighted by Crippen LogP contribution is -1.91. The van der Waals surface area contributed by atoms with E-state index in [4.69, 9.17) is 0 Å². The van der Waals surface area contributed by atoms with Crippen LogP contribution in [0.1, 0.15) is 0 Å². The first-order valence-electron chi connectivity index (χ1n) is 12.7. The van der Waals surface area contributed by atoms with Gasteiger partial charge in [-0.2, -0.15) is 0 Å². The van der Waals surface area contributed by atoms with Crippen LogP contribution in [0.4, 0.5) is 0 Å². The topological polar surface area (TPSA) is 0 Å². The molecule has 0 atom stereocenters. The van der Waals surface area contributed by atoms with Gasteiger partial charge in [0.05, 0.1) is 0 Å². The molecule has 0 radical (unpaired) electrons. The second kappa shape index (κ2) is 8.03. The molecule has 0 N–H and O–H groups in total. The summed E-state index contributed by atoms with van der Waals surface area (Å²) in [6.45, 7) is 0. The molecule has 0 unspecified atom stereocenters. The molecular formula is C36H22S. The van der Waals surface area contributed by atoms with E-state index in [1.54, 1.807) is 0 Å². The largest absolute Gasteiger partial charge is 0.135 e. The fraction of sp³-hybridized carbons (Fsp3) is 0. The van der Waals surface area contributed by atoms with E-state index in [0.717, 1.165) is 0 Å². The summed E-state index contributed by atoms with van der Waals surface area (Å²) in [5.74, 6) is 0. The van der Waals surface area contributed by atoms with Crippen molar-refractivity contribution in [3.05, 3.63) is 133 Å². The Labute approximate surface area is 219 Å². The van der Waals surface area contributed by atoms with E-state index >= 15 is 0 Å². The van der Waals surface area contributed by atoms with Crippen molar-refractivity contribution < 1.29 is 0 Å². The molecule has 0 fully saturated rings. The standard InChI is InChI=1S/C36H22S/c1-2-10-24-21-25(18-17-23(24)9-1)35-28-12-3-5-14-30(28)36(31-15-6-4-13-29(31)35)26-19-20-34-32(22-26)27-11-7-8-16-33(27)37-34/h1-22H. The van der Waals surface area contributed by atoms with Crippen LogP contribution < -0.4 is 0 Å². The van der Waals surface area contributed by atoms with Crippen LogP contribution >= 0.6 is 11.3 Å². The molecule has 0 saturated heterocycles. The van der Waals surface area contributed by atoms with E-state index in [1.165, 1.54) is 74.7 Å². The first-order chi connectivity index (χ1) is 18.3. The third-order valence-corrected chi connectivity index (χ3v) is 8.79. The van der Waals surface area contributed by atoms with Gasteiger partial charge in [-0.3, -0.25) is 0 Å². The molecule has 1 aromatic heterocycles. The van der Waals surface area contributed by atoms with Gasteiger partial charge in [0.2, 0.25) is 0 Å². The molecule has 0 spiro atoms. The van der Waals surface area contributed by atoms with E-state index < -0.39 is 0 Å². The minimum atomic E-state index is 1.26. The Balaban J connectivity index is 1.48. The predicted octanol–water partition coefficient (Wildman–Crippen LogP) is 10.8. The van der Waals surface area contributed by atoms with Gasteiger partial charge in [-0.15, -0.1) is 11.3 Å². The Morgan fingerprint density at radius 1 is 0.324 bits per heavy atom. The van der Waals surface area contributed by atoms with Crippen molar-refractivity contribution in [2.24, 2.45) is 0 Å². The maximum atomic E-state index is 2.40. The van der Waals surface area contributed by atoms with Crippen LogP contribution in [-0.4, -0.2) is 0 Å². The lowest BCUT2D eigenvalue weighted by molar-refractivity contribution is 1.69. The Kier molecular flexibility index (Phi) is 4.49. The number of fused-ring (bicyclic) bond motifs is 6. The van der Waals surface area contributed by atoms with Crippen LogP contribution in [0.3, 0.4) is 0 Å². The summed E-state index contributed by atoms with van der Waals surface area (Å²) < 4.78 is 2.68. The van der Waals surface area contributed by atoms with Crippen LogP contribution in [0, 0.1) is 0 Å². The molecule has 0 amide bonds. The summed E-state index contributed by atoms with van der Waals surface area (Å²) in [5, 5.41) is 10.4. The summed E-state index contributed by atoms with van der Waals surface area (Å²) >= 11 is 1.87. The molecule has 37 heavy (non-hydrogen) atoms. The van der Waals surface area contributed by atoms with Crippen molar-refractivity contribution in [3.8, 4) is 22.3 Å². The van der Waals surface area contributed by atoms with Gasteiger partial charge in [-0.1, -0.05) is 109 Å². The average Bonchev–Trinajstić information content (AvgIpc) is 3.33. The fourth-order valence-electron chi connectivity index (χ4n) is 5.98.